The smallest absolute Gasteiger partial charge is 0.264 e. The van der Waals surface area contributed by atoms with E-state index in [2.05, 4.69) is 199 Å². The Morgan fingerprint density at radius 3 is 1.71 bits per heavy atom. The van der Waals surface area contributed by atoms with Crippen molar-refractivity contribution in [3.05, 3.63) is 210 Å². The van der Waals surface area contributed by atoms with E-state index in [9.17, 15) is 0 Å². The lowest BCUT2D eigenvalue weighted by Crippen LogP contribution is -2.60. The van der Waals surface area contributed by atoms with Crippen LogP contribution in [0.3, 0.4) is 0 Å². The zero-order chi connectivity index (χ0) is 36.7. The van der Waals surface area contributed by atoms with Crippen LogP contribution in [-0.4, -0.2) is 6.71 Å². The maximum atomic E-state index is 2.60. The Morgan fingerprint density at radius 2 is 1.02 bits per heavy atom. The molecule has 0 radical (unpaired) electrons. The third kappa shape index (κ3) is 3.73. The van der Waals surface area contributed by atoms with Crippen LogP contribution < -0.4 is 25.5 Å². The van der Waals surface area contributed by atoms with Crippen molar-refractivity contribution in [2.45, 2.75) is 12.3 Å². The lowest BCUT2D eigenvalue weighted by Gasteiger charge is -2.43. The fraction of sp³-hybridized carbons (Fsp3) is 0.0385. The van der Waals surface area contributed by atoms with Gasteiger partial charge in [-0.3, -0.25) is 0 Å². The van der Waals surface area contributed by atoms with Gasteiger partial charge in [0.05, 0.1) is 11.1 Å². The molecule has 0 amide bonds. The highest BCUT2D eigenvalue weighted by Crippen LogP contribution is 2.64. The second-order valence-electron chi connectivity index (χ2n) is 15.6. The summed E-state index contributed by atoms with van der Waals surface area (Å²) in [7, 11) is 0. The van der Waals surface area contributed by atoms with Crippen molar-refractivity contribution >= 4 is 78.0 Å². The fourth-order valence-corrected chi connectivity index (χ4v) is 12.1. The van der Waals surface area contributed by atoms with Crippen LogP contribution in [-0.2, 0) is 5.41 Å². The number of anilines is 6. The number of rotatable bonds is 2. The Balaban J connectivity index is 1.15. The van der Waals surface area contributed by atoms with Crippen molar-refractivity contribution in [2.24, 2.45) is 0 Å². The minimum atomic E-state index is -0.399. The van der Waals surface area contributed by atoms with Gasteiger partial charge in [0.25, 0.3) is 6.71 Å². The van der Waals surface area contributed by atoms with E-state index in [0.717, 1.165) is 0 Å². The number of para-hydroxylation sites is 2. The van der Waals surface area contributed by atoms with Gasteiger partial charge in [-0.1, -0.05) is 133 Å². The molecule has 8 aromatic carbocycles. The monoisotopic (exact) mass is 728 g/mol. The molecule has 1 aromatic heterocycles. The van der Waals surface area contributed by atoms with Crippen molar-refractivity contribution in [1.29, 1.82) is 0 Å². The third-order valence-corrected chi connectivity index (χ3v) is 14.1. The zero-order valence-electron chi connectivity index (χ0n) is 30.7. The van der Waals surface area contributed by atoms with Crippen molar-refractivity contribution in [3.8, 4) is 22.3 Å². The summed E-state index contributed by atoms with van der Waals surface area (Å²) in [4.78, 5) is 5.05. The van der Waals surface area contributed by atoms with Gasteiger partial charge < -0.3 is 9.80 Å². The van der Waals surface area contributed by atoms with Crippen molar-refractivity contribution < 1.29 is 0 Å². The molecule has 13 rings (SSSR count). The Kier molecular flexibility index (Phi) is 6.03. The van der Waals surface area contributed by atoms with Crippen LogP contribution in [0.15, 0.2) is 182 Å². The number of thiophene rings is 1. The van der Waals surface area contributed by atoms with E-state index in [1.54, 1.807) is 0 Å². The molecule has 3 heterocycles. The van der Waals surface area contributed by atoms with Crippen molar-refractivity contribution in [1.82, 2.24) is 0 Å². The molecule has 9 aromatic rings. The van der Waals surface area contributed by atoms with Crippen LogP contribution in [0.2, 0.25) is 0 Å². The molecule has 2 aliphatic heterocycles. The molecule has 4 aliphatic rings. The van der Waals surface area contributed by atoms with Crippen molar-refractivity contribution in [2.75, 3.05) is 9.80 Å². The summed E-state index contributed by atoms with van der Waals surface area (Å²) >= 11 is 1.98. The molecule has 2 nitrogen and oxygen atoms in total. The van der Waals surface area contributed by atoms with Gasteiger partial charge >= 0.3 is 0 Å². The van der Waals surface area contributed by atoms with Crippen molar-refractivity contribution in [3.63, 3.8) is 0 Å². The molecular formula is C52H33BN2S. The van der Waals surface area contributed by atoms with E-state index in [-0.39, 0.29) is 6.71 Å². The first-order valence-corrected chi connectivity index (χ1v) is 20.4. The van der Waals surface area contributed by atoms with Crippen LogP contribution in [0, 0.1) is 6.92 Å². The summed E-state index contributed by atoms with van der Waals surface area (Å²) < 4.78 is 2.73. The molecule has 4 heteroatoms. The maximum absolute atomic E-state index is 2.60. The Bertz CT molecular complexity index is 3080. The summed E-state index contributed by atoms with van der Waals surface area (Å²) in [5.41, 5.74) is 21.8. The van der Waals surface area contributed by atoms with Gasteiger partial charge in [0.15, 0.2) is 0 Å². The minimum Gasteiger partial charge on any atom is -0.311 e. The highest BCUT2D eigenvalue weighted by molar-refractivity contribution is 7.33. The molecule has 0 saturated carbocycles. The van der Waals surface area contributed by atoms with E-state index < -0.39 is 5.41 Å². The molecule has 0 N–H and O–H groups in total. The molecule has 0 bridgehead atoms. The average molecular weight is 729 g/mol. The summed E-state index contributed by atoms with van der Waals surface area (Å²) in [6, 6.07) is 68.6. The first-order chi connectivity index (χ1) is 27.7. The van der Waals surface area contributed by atoms with Gasteiger partial charge in [-0.2, -0.15) is 0 Å². The van der Waals surface area contributed by atoms with Crippen LogP contribution in [0.4, 0.5) is 34.1 Å². The second kappa shape index (κ2) is 11.0. The predicted molar refractivity (Wildman–Crippen MR) is 237 cm³/mol. The highest BCUT2D eigenvalue weighted by Gasteiger charge is 2.52. The summed E-state index contributed by atoms with van der Waals surface area (Å²) in [5, 5.41) is 1.32. The zero-order valence-corrected chi connectivity index (χ0v) is 31.5. The first-order valence-electron chi connectivity index (χ1n) is 19.6. The molecular weight excluding hydrogens is 695 g/mol. The predicted octanol–water partition coefficient (Wildman–Crippen LogP) is 11.6. The topological polar surface area (TPSA) is 6.48 Å². The Hall–Kier alpha value is -6.62. The molecule has 0 atom stereocenters. The number of aryl methyl sites for hydroxylation is 1. The number of fused-ring (bicyclic) bond motifs is 16. The van der Waals surface area contributed by atoms with E-state index in [4.69, 9.17) is 0 Å². The van der Waals surface area contributed by atoms with E-state index in [1.807, 2.05) is 11.3 Å². The highest BCUT2D eigenvalue weighted by atomic mass is 32.1. The quantitative estimate of drug-likeness (QED) is 0.164. The number of benzene rings is 8. The summed E-state index contributed by atoms with van der Waals surface area (Å²) in [6.45, 7) is 2.27. The molecule has 0 unspecified atom stereocenters. The van der Waals surface area contributed by atoms with Gasteiger partial charge in [0.1, 0.15) is 0 Å². The van der Waals surface area contributed by atoms with Gasteiger partial charge in [0, 0.05) is 43.3 Å². The molecule has 0 fully saturated rings. The van der Waals surface area contributed by atoms with Gasteiger partial charge in [-0.15, -0.1) is 11.3 Å². The summed E-state index contributed by atoms with van der Waals surface area (Å²) in [6.07, 6.45) is 0. The van der Waals surface area contributed by atoms with Crippen LogP contribution in [0.25, 0.3) is 32.3 Å². The normalized spacial score (nSPS) is 14.6. The van der Waals surface area contributed by atoms with Gasteiger partial charge in [-0.05, 0) is 117 Å². The Labute approximate surface area is 330 Å². The van der Waals surface area contributed by atoms with Crippen LogP contribution in [0.5, 0.6) is 0 Å². The molecule has 2 aliphatic carbocycles. The maximum Gasteiger partial charge on any atom is 0.264 e. The number of nitrogens with zero attached hydrogens (tertiary/aromatic N) is 2. The first kappa shape index (κ1) is 30.7. The standard InChI is InChI=1S/C52H33BN2S/c1-32-26-28-34(29-27-32)55-47-25-13-24-46-49(47)53(44-22-11-12-23-45(44)54(46)33-14-3-2-4-15-33)51-50(55)39-30-43-38(31-48(39)56-51)37-18-7-10-21-42(37)52(43)40-19-8-5-16-35(40)36-17-6-9-20-41(36)52/h2-31H,1H3. The van der Waals surface area contributed by atoms with Crippen LogP contribution >= 0.6 is 11.3 Å². The lowest BCUT2D eigenvalue weighted by molar-refractivity contribution is 0.795. The molecule has 1 spiro atoms. The van der Waals surface area contributed by atoms with E-state index in [0.29, 0.717) is 0 Å². The fourth-order valence-electron chi connectivity index (χ4n) is 10.8. The minimum absolute atomic E-state index is 0.0930. The average Bonchev–Trinajstić information content (AvgIpc) is 3.87. The second-order valence-corrected chi connectivity index (χ2v) is 16.7. The number of hydrogen-bond acceptors (Lipinski definition) is 3. The summed E-state index contributed by atoms with van der Waals surface area (Å²) in [5.74, 6) is 0. The lowest BCUT2D eigenvalue weighted by atomic mass is 9.36. The molecule has 0 saturated heterocycles. The molecule has 260 valence electrons. The number of hydrogen-bond donors (Lipinski definition) is 0. The largest absolute Gasteiger partial charge is 0.311 e. The van der Waals surface area contributed by atoms with E-state index >= 15 is 0 Å². The Morgan fingerprint density at radius 1 is 0.464 bits per heavy atom. The van der Waals surface area contributed by atoms with Crippen LogP contribution in [0.1, 0.15) is 27.8 Å². The SMILES string of the molecule is Cc1ccc(N2c3cccc4c3B(c3ccccc3N4c3ccccc3)c3sc4cc5c(cc4c32)C2(c3ccccc3-c3ccccc32)c2ccccc2-5)cc1. The van der Waals surface area contributed by atoms with Gasteiger partial charge in [-0.25, -0.2) is 0 Å². The molecule has 56 heavy (non-hydrogen) atoms. The van der Waals surface area contributed by atoms with Gasteiger partial charge in [0.2, 0.25) is 0 Å². The van der Waals surface area contributed by atoms with E-state index in [1.165, 1.54) is 110 Å². The third-order valence-electron chi connectivity index (χ3n) is 12.9.